The van der Waals surface area contributed by atoms with Crippen LogP contribution in [0.2, 0.25) is 0 Å². The minimum absolute atomic E-state index is 0.679. The Morgan fingerprint density at radius 1 is 1.04 bits per heavy atom. The van der Waals surface area contributed by atoms with Crippen molar-refractivity contribution in [3.63, 3.8) is 0 Å². The number of ether oxygens (including phenoxy) is 1. The van der Waals surface area contributed by atoms with E-state index >= 15 is 0 Å². The van der Waals surface area contributed by atoms with Gasteiger partial charge in [0.25, 0.3) is 0 Å². The Morgan fingerprint density at radius 3 is 2.48 bits per heavy atom. The molecule has 0 bridgehead atoms. The van der Waals surface area contributed by atoms with Crippen LogP contribution in [0.25, 0.3) is 0 Å². The van der Waals surface area contributed by atoms with E-state index in [1.807, 2.05) is 32.2 Å². The Balaban J connectivity index is 2.19. The van der Waals surface area contributed by atoms with Gasteiger partial charge in [-0.1, -0.05) is 37.5 Å². The molecule has 1 aromatic carbocycles. The molecule has 0 aliphatic rings. The molecule has 5 heteroatoms. The average molecular weight is 349 g/mol. The summed E-state index contributed by atoms with van der Waals surface area (Å²) in [4.78, 5) is 6.54. The summed E-state index contributed by atoms with van der Waals surface area (Å²) < 4.78 is 5.66. The Bertz CT molecular complexity index is 488. The quantitative estimate of drug-likeness (QED) is 0.346. The number of hydrogen-bond donors (Lipinski definition) is 2. The normalized spacial score (nSPS) is 11.6. The van der Waals surface area contributed by atoms with Gasteiger partial charge in [-0.05, 0) is 46.5 Å². The zero-order valence-electron chi connectivity index (χ0n) is 16.5. The van der Waals surface area contributed by atoms with Crippen molar-refractivity contribution < 1.29 is 4.74 Å². The van der Waals surface area contributed by atoms with Crippen LogP contribution in [0.3, 0.4) is 0 Å². The van der Waals surface area contributed by atoms with Gasteiger partial charge in [0.1, 0.15) is 5.75 Å². The Kier molecular flexibility index (Phi) is 11.5. The van der Waals surface area contributed by atoms with Gasteiger partial charge in [-0.3, -0.25) is 4.99 Å². The van der Waals surface area contributed by atoms with Crippen LogP contribution in [0.4, 0.5) is 0 Å². The minimum Gasteiger partial charge on any atom is -0.494 e. The molecule has 1 rings (SSSR count). The smallest absolute Gasteiger partial charge is 0.191 e. The predicted octanol–water partition coefficient (Wildman–Crippen LogP) is 3.26. The van der Waals surface area contributed by atoms with Crippen LogP contribution >= 0.6 is 0 Å². The molecular weight excluding hydrogens is 312 g/mol. The molecule has 142 valence electrons. The monoisotopic (exact) mass is 348 g/mol. The predicted molar refractivity (Wildman–Crippen MR) is 107 cm³/mol. The van der Waals surface area contributed by atoms with Gasteiger partial charge in [0.15, 0.2) is 5.96 Å². The van der Waals surface area contributed by atoms with E-state index in [1.165, 1.54) is 38.6 Å². The second-order valence-corrected chi connectivity index (χ2v) is 6.46. The first-order valence-corrected chi connectivity index (χ1v) is 9.47. The summed E-state index contributed by atoms with van der Waals surface area (Å²) in [5, 5.41) is 6.75. The molecule has 0 aliphatic heterocycles. The molecule has 25 heavy (non-hydrogen) atoms. The van der Waals surface area contributed by atoms with Crippen molar-refractivity contribution in [2.24, 2.45) is 4.99 Å². The first kappa shape index (κ1) is 21.3. The summed E-state index contributed by atoms with van der Waals surface area (Å²) in [5.41, 5.74) is 1.15. The van der Waals surface area contributed by atoms with Crippen LogP contribution in [-0.2, 0) is 6.54 Å². The van der Waals surface area contributed by atoms with E-state index in [0.717, 1.165) is 23.8 Å². The molecule has 0 saturated heterocycles. The minimum atomic E-state index is 0.679. The second kappa shape index (κ2) is 13.5. The molecule has 0 radical (unpaired) electrons. The number of para-hydroxylation sites is 1. The molecule has 0 atom stereocenters. The number of aliphatic imine (C=N–C) groups is 1. The van der Waals surface area contributed by atoms with Gasteiger partial charge < -0.3 is 20.3 Å². The van der Waals surface area contributed by atoms with Crippen molar-refractivity contribution in [1.82, 2.24) is 15.5 Å². The summed E-state index contributed by atoms with van der Waals surface area (Å²) in [6, 6.07) is 8.12. The SMILES string of the molecule is CCOc1ccccc1CNC(=NC)NCCCCCCCN(C)C. The third-order valence-corrected chi connectivity index (χ3v) is 4.02. The topological polar surface area (TPSA) is 48.9 Å². The molecule has 0 aliphatic carbocycles. The number of guanidine groups is 1. The van der Waals surface area contributed by atoms with E-state index < -0.39 is 0 Å². The van der Waals surface area contributed by atoms with E-state index in [0.29, 0.717) is 13.2 Å². The molecule has 0 heterocycles. The highest BCUT2D eigenvalue weighted by molar-refractivity contribution is 5.79. The van der Waals surface area contributed by atoms with Crippen molar-refractivity contribution in [2.75, 3.05) is 40.8 Å². The van der Waals surface area contributed by atoms with Gasteiger partial charge in [0.05, 0.1) is 6.61 Å². The Hall–Kier alpha value is -1.75. The number of benzene rings is 1. The summed E-state index contributed by atoms with van der Waals surface area (Å²) in [6.07, 6.45) is 6.37. The second-order valence-electron chi connectivity index (χ2n) is 6.46. The molecule has 2 N–H and O–H groups in total. The van der Waals surface area contributed by atoms with Crippen LogP contribution in [-0.4, -0.2) is 51.7 Å². The first-order valence-electron chi connectivity index (χ1n) is 9.47. The van der Waals surface area contributed by atoms with Gasteiger partial charge >= 0.3 is 0 Å². The van der Waals surface area contributed by atoms with Crippen molar-refractivity contribution in [3.05, 3.63) is 29.8 Å². The summed E-state index contributed by atoms with van der Waals surface area (Å²) >= 11 is 0. The van der Waals surface area contributed by atoms with Crippen LogP contribution in [0.15, 0.2) is 29.3 Å². The van der Waals surface area contributed by atoms with Crippen LogP contribution in [0.1, 0.15) is 44.6 Å². The molecule has 0 fully saturated rings. The lowest BCUT2D eigenvalue weighted by Crippen LogP contribution is -2.37. The van der Waals surface area contributed by atoms with Crippen molar-refractivity contribution in [1.29, 1.82) is 0 Å². The van der Waals surface area contributed by atoms with E-state index in [1.54, 1.807) is 0 Å². The maximum atomic E-state index is 5.66. The van der Waals surface area contributed by atoms with E-state index in [9.17, 15) is 0 Å². The fourth-order valence-corrected chi connectivity index (χ4v) is 2.64. The average Bonchev–Trinajstić information content (AvgIpc) is 2.61. The Morgan fingerprint density at radius 2 is 1.76 bits per heavy atom. The molecule has 1 aromatic rings. The van der Waals surface area contributed by atoms with Crippen molar-refractivity contribution in [2.45, 2.75) is 45.6 Å². The fraction of sp³-hybridized carbons (Fsp3) is 0.650. The van der Waals surface area contributed by atoms with Gasteiger partial charge in [-0.15, -0.1) is 0 Å². The molecular formula is C20H36N4O. The maximum absolute atomic E-state index is 5.66. The lowest BCUT2D eigenvalue weighted by molar-refractivity contribution is 0.336. The van der Waals surface area contributed by atoms with Crippen molar-refractivity contribution >= 4 is 5.96 Å². The van der Waals surface area contributed by atoms with Crippen LogP contribution in [0, 0.1) is 0 Å². The Labute approximate surface area is 153 Å². The van der Waals surface area contributed by atoms with Gasteiger partial charge in [-0.2, -0.15) is 0 Å². The highest BCUT2D eigenvalue weighted by Crippen LogP contribution is 2.17. The molecule has 0 amide bonds. The number of nitrogens with one attached hydrogen (secondary N) is 2. The fourth-order valence-electron chi connectivity index (χ4n) is 2.64. The zero-order chi connectivity index (χ0) is 18.3. The first-order chi connectivity index (χ1) is 12.2. The van der Waals surface area contributed by atoms with Gasteiger partial charge in [0, 0.05) is 25.7 Å². The number of nitrogens with zero attached hydrogens (tertiary/aromatic N) is 2. The zero-order valence-corrected chi connectivity index (χ0v) is 16.5. The lowest BCUT2D eigenvalue weighted by atomic mass is 10.1. The molecule has 0 saturated carbocycles. The summed E-state index contributed by atoms with van der Waals surface area (Å²) in [7, 11) is 6.08. The van der Waals surface area contributed by atoms with E-state index in [2.05, 4.69) is 40.7 Å². The summed E-state index contributed by atoms with van der Waals surface area (Å²) in [5.74, 6) is 1.78. The van der Waals surface area contributed by atoms with E-state index in [4.69, 9.17) is 4.74 Å². The standard InChI is InChI=1S/C20H36N4O/c1-5-25-19-14-10-9-13-18(19)17-23-20(21-2)22-15-11-7-6-8-12-16-24(3)4/h9-10,13-14H,5-8,11-12,15-17H2,1-4H3,(H2,21,22,23). The highest BCUT2D eigenvalue weighted by Gasteiger charge is 2.03. The van der Waals surface area contributed by atoms with E-state index in [-0.39, 0.29) is 0 Å². The number of rotatable bonds is 12. The molecule has 0 unspecified atom stereocenters. The summed E-state index contributed by atoms with van der Waals surface area (Å²) in [6.45, 7) is 5.54. The van der Waals surface area contributed by atoms with Crippen LogP contribution < -0.4 is 15.4 Å². The number of unbranched alkanes of at least 4 members (excludes halogenated alkanes) is 4. The number of hydrogen-bond acceptors (Lipinski definition) is 3. The van der Waals surface area contributed by atoms with Gasteiger partial charge in [-0.25, -0.2) is 0 Å². The molecule has 0 spiro atoms. The molecule has 0 aromatic heterocycles. The van der Waals surface area contributed by atoms with Crippen molar-refractivity contribution in [3.8, 4) is 5.75 Å². The highest BCUT2D eigenvalue weighted by atomic mass is 16.5. The molecule has 5 nitrogen and oxygen atoms in total. The third-order valence-electron chi connectivity index (χ3n) is 4.02. The largest absolute Gasteiger partial charge is 0.494 e. The van der Waals surface area contributed by atoms with Gasteiger partial charge in [0.2, 0.25) is 0 Å². The van der Waals surface area contributed by atoms with Crippen LogP contribution in [0.5, 0.6) is 5.75 Å². The maximum Gasteiger partial charge on any atom is 0.191 e. The lowest BCUT2D eigenvalue weighted by Gasteiger charge is -2.14. The third kappa shape index (κ3) is 9.97.